The molecule has 8 nitrogen and oxygen atoms in total. The summed E-state index contributed by atoms with van der Waals surface area (Å²) < 4.78 is 5.39. The second-order valence-corrected chi connectivity index (χ2v) is 10.4. The average Bonchev–Trinajstić information content (AvgIpc) is 3.56. The SMILES string of the molecule is O=C(N[C@@]1(c2cccnn2)CCNC1)c1ccc(C2CCN(C(=O)C3CCOCC3)CC2)s1. The summed E-state index contributed by atoms with van der Waals surface area (Å²) in [6.45, 7) is 4.46. The molecule has 3 aliphatic rings. The van der Waals surface area contributed by atoms with Crippen molar-refractivity contribution in [2.75, 3.05) is 39.4 Å². The molecule has 0 spiro atoms. The zero-order valence-corrected chi connectivity index (χ0v) is 19.6. The van der Waals surface area contributed by atoms with Crippen LogP contribution in [0.15, 0.2) is 30.5 Å². The van der Waals surface area contributed by atoms with E-state index < -0.39 is 5.54 Å². The van der Waals surface area contributed by atoms with Crippen molar-refractivity contribution in [3.8, 4) is 0 Å². The Hall–Kier alpha value is -2.36. The zero-order valence-electron chi connectivity index (χ0n) is 18.8. The van der Waals surface area contributed by atoms with Gasteiger partial charge in [-0.1, -0.05) is 0 Å². The van der Waals surface area contributed by atoms with Gasteiger partial charge in [0.1, 0.15) is 0 Å². The van der Waals surface area contributed by atoms with Gasteiger partial charge in [0.2, 0.25) is 5.91 Å². The lowest BCUT2D eigenvalue weighted by molar-refractivity contribution is -0.139. The largest absolute Gasteiger partial charge is 0.381 e. The Morgan fingerprint density at radius 3 is 2.67 bits per heavy atom. The van der Waals surface area contributed by atoms with Gasteiger partial charge in [-0.05, 0) is 68.8 Å². The van der Waals surface area contributed by atoms with E-state index in [0.29, 0.717) is 31.6 Å². The number of nitrogens with one attached hydrogen (secondary N) is 2. The van der Waals surface area contributed by atoms with Crippen LogP contribution in [0.2, 0.25) is 0 Å². The monoisotopic (exact) mass is 469 g/mol. The lowest BCUT2D eigenvalue weighted by atomic mass is 9.92. The van der Waals surface area contributed by atoms with Gasteiger partial charge in [-0.15, -0.1) is 11.3 Å². The van der Waals surface area contributed by atoms with E-state index in [9.17, 15) is 9.59 Å². The van der Waals surface area contributed by atoms with Crippen LogP contribution in [0.3, 0.4) is 0 Å². The van der Waals surface area contributed by atoms with E-state index in [4.69, 9.17) is 4.74 Å². The topological polar surface area (TPSA) is 96.5 Å². The molecule has 5 rings (SSSR count). The molecule has 3 saturated heterocycles. The van der Waals surface area contributed by atoms with Crippen molar-refractivity contribution in [1.29, 1.82) is 0 Å². The number of hydrogen-bond donors (Lipinski definition) is 2. The summed E-state index contributed by atoms with van der Waals surface area (Å²) in [5.74, 6) is 0.756. The fourth-order valence-corrected chi connectivity index (χ4v) is 6.27. The van der Waals surface area contributed by atoms with Crippen molar-refractivity contribution in [2.24, 2.45) is 5.92 Å². The number of carbonyl (C=O) groups excluding carboxylic acids is 2. The number of piperidine rings is 1. The molecule has 2 aromatic rings. The van der Waals surface area contributed by atoms with Crippen molar-refractivity contribution < 1.29 is 14.3 Å². The first-order valence-electron chi connectivity index (χ1n) is 11.9. The molecule has 5 heterocycles. The van der Waals surface area contributed by atoms with E-state index in [1.165, 1.54) is 4.88 Å². The molecular weight excluding hydrogens is 438 g/mol. The third-order valence-corrected chi connectivity index (χ3v) is 8.45. The van der Waals surface area contributed by atoms with Gasteiger partial charge in [0, 0.05) is 49.8 Å². The molecule has 0 bridgehead atoms. The molecule has 0 saturated carbocycles. The highest BCUT2D eigenvalue weighted by Gasteiger charge is 2.39. The van der Waals surface area contributed by atoms with Gasteiger partial charge in [-0.25, -0.2) is 0 Å². The van der Waals surface area contributed by atoms with Gasteiger partial charge in [0.05, 0.1) is 16.1 Å². The summed E-state index contributed by atoms with van der Waals surface area (Å²) in [4.78, 5) is 29.9. The van der Waals surface area contributed by atoms with Crippen LogP contribution in [0.5, 0.6) is 0 Å². The molecule has 0 aliphatic carbocycles. The van der Waals surface area contributed by atoms with E-state index in [2.05, 4.69) is 26.9 Å². The number of carbonyl (C=O) groups is 2. The Morgan fingerprint density at radius 1 is 1.15 bits per heavy atom. The fourth-order valence-electron chi connectivity index (χ4n) is 5.20. The number of aromatic nitrogens is 2. The lowest BCUT2D eigenvalue weighted by Gasteiger charge is -2.35. The number of rotatable bonds is 5. The maximum Gasteiger partial charge on any atom is 0.262 e. The Kier molecular flexibility index (Phi) is 6.71. The summed E-state index contributed by atoms with van der Waals surface area (Å²) >= 11 is 1.57. The summed E-state index contributed by atoms with van der Waals surface area (Å²) in [7, 11) is 0. The quantitative estimate of drug-likeness (QED) is 0.698. The van der Waals surface area contributed by atoms with E-state index in [1.54, 1.807) is 17.5 Å². The Morgan fingerprint density at radius 2 is 1.97 bits per heavy atom. The van der Waals surface area contributed by atoms with Gasteiger partial charge in [0.25, 0.3) is 5.91 Å². The van der Waals surface area contributed by atoms with Gasteiger partial charge >= 0.3 is 0 Å². The van der Waals surface area contributed by atoms with Crippen LogP contribution in [-0.2, 0) is 15.1 Å². The molecule has 0 radical (unpaired) electrons. The van der Waals surface area contributed by atoms with Crippen LogP contribution in [0, 0.1) is 5.92 Å². The maximum atomic E-state index is 13.2. The number of amides is 2. The van der Waals surface area contributed by atoms with Crippen molar-refractivity contribution in [3.63, 3.8) is 0 Å². The molecule has 3 fully saturated rings. The number of hydrogen-bond acceptors (Lipinski definition) is 7. The standard InChI is InChI=1S/C24H31N5O3S/c30-22(27-24(9-11-25-16-24)21-2-1-10-26-28-21)20-4-3-19(33-20)17-5-12-29(13-6-17)23(31)18-7-14-32-15-8-18/h1-4,10,17-18,25H,5-9,11-16H2,(H,27,30)/t24-/m0/s1. The Balaban J connectivity index is 1.20. The molecule has 176 valence electrons. The second kappa shape index (κ2) is 9.87. The lowest BCUT2D eigenvalue weighted by Crippen LogP contribution is -2.48. The molecule has 33 heavy (non-hydrogen) atoms. The van der Waals surface area contributed by atoms with Crippen LogP contribution >= 0.6 is 11.3 Å². The number of ether oxygens (including phenoxy) is 1. The number of thiophene rings is 1. The fraction of sp³-hybridized carbons (Fsp3) is 0.583. The van der Waals surface area contributed by atoms with Gasteiger partial charge in [-0.2, -0.15) is 10.2 Å². The minimum absolute atomic E-state index is 0.0623. The smallest absolute Gasteiger partial charge is 0.262 e. The highest BCUT2D eigenvalue weighted by atomic mass is 32.1. The minimum atomic E-state index is -0.522. The first kappa shape index (κ1) is 22.4. The average molecular weight is 470 g/mol. The van der Waals surface area contributed by atoms with Gasteiger partial charge < -0.3 is 20.3 Å². The number of likely N-dealkylation sites (tertiary alicyclic amines) is 1. The van der Waals surface area contributed by atoms with Crippen LogP contribution < -0.4 is 10.6 Å². The Labute approximate surface area is 198 Å². The Bertz CT molecular complexity index is 961. The predicted molar refractivity (Wildman–Crippen MR) is 125 cm³/mol. The molecule has 0 aromatic carbocycles. The second-order valence-electron chi connectivity index (χ2n) is 9.26. The highest BCUT2D eigenvalue weighted by Crippen LogP contribution is 2.34. The third-order valence-electron chi connectivity index (χ3n) is 7.20. The van der Waals surface area contributed by atoms with Crippen molar-refractivity contribution in [1.82, 2.24) is 25.7 Å². The minimum Gasteiger partial charge on any atom is -0.381 e. The first-order chi connectivity index (χ1) is 16.1. The molecular formula is C24H31N5O3S. The first-order valence-corrected chi connectivity index (χ1v) is 12.7. The van der Waals surface area contributed by atoms with E-state index in [1.807, 2.05) is 23.1 Å². The van der Waals surface area contributed by atoms with E-state index in [-0.39, 0.29) is 11.8 Å². The summed E-state index contributed by atoms with van der Waals surface area (Å²) in [6, 6.07) is 7.80. The number of nitrogens with zero attached hydrogens (tertiary/aromatic N) is 3. The van der Waals surface area contributed by atoms with Gasteiger partial charge in [0.15, 0.2) is 0 Å². The predicted octanol–water partition coefficient (Wildman–Crippen LogP) is 2.29. The summed E-state index contributed by atoms with van der Waals surface area (Å²) in [6.07, 6.45) is 6.01. The molecule has 3 aliphatic heterocycles. The maximum absolute atomic E-state index is 13.2. The zero-order chi connectivity index (χ0) is 22.7. The van der Waals surface area contributed by atoms with Crippen LogP contribution in [0.4, 0.5) is 0 Å². The van der Waals surface area contributed by atoms with Crippen LogP contribution in [0.1, 0.15) is 58.3 Å². The highest BCUT2D eigenvalue weighted by molar-refractivity contribution is 7.14. The summed E-state index contributed by atoms with van der Waals surface area (Å²) in [5.41, 5.74) is 0.271. The molecule has 2 N–H and O–H groups in total. The summed E-state index contributed by atoms with van der Waals surface area (Å²) in [5, 5.41) is 14.9. The molecule has 0 unspecified atom stereocenters. The van der Waals surface area contributed by atoms with Gasteiger partial charge in [-0.3, -0.25) is 9.59 Å². The van der Waals surface area contributed by atoms with Crippen molar-refractivity contribution in [2.45, 2.75) is 43.6 Å². The van der Waals surface area contributed by atoms with E-state index >= 15 is 0 Å². The van der Waals surface area contributed by atoms with Crippen LogP contribution in [-0.4, -0.2) is 66.3 Å². The van der Waals surface area contributed by atoms with Crippen molar-refractivity contribution in [3.05, 3.63) is 45.9 Å². The normalized spacial score (nSPS) is 24.7. The van der Waals surface area contributed by atoms with Crippen LogP contribution in [0.25, 0.3) is 0 Å². The third kappa shape index (κ3) is 4.81. The van der Waals surface area contributed by atoms with E-state index in [0.717, 1.165) is 62.3 Å². The molecule has 1 atom stereocenters. The van der Waals surface area contributed by atoms with Crippen molar-refractivity contribution >= 4 is 23.2 Å². The molecule has 9 heteroatoms. The molecule has 2 amide bonds. The molecule has 2 aromatic heterocycles.